The van der Waals surface area contributed by atoms with Crippen molar-refractivity contribution < 1.29 is 17.5 Å². The minimum absolute atomic E-state index is 0.0380. The Morgan fingerprint density at radius 1 is 1.16 bits per heavy atom. The van der Waals surface area contributed by atoms with Gasteiger partial charge in [0.05, 0.1) is 12.8 Å². The number of benzene rings is 2. The van der Waals surface area contributed by atoms with Gasteiger partial charge in [-0.1, -0.05) is 23.7 Å². The molecule has 0 radical (unpaired) electrons. The molecule has 0 bridgehead atoms. The Morgan fingerprint density at radius 2 is 1.84 bits per heavy atom. The van der Waals surface area contributed by atoms with Gasteiger partial charge in [0, 0.05) is 10.6 Å². The lowest BCUT2D eigenvalue weighted by atomic mass is 10.1. The normalized spacial score (nSPS) is 15.9. The van der Waals surface area contributed by atoms with Crippen molar-refractivity contribution in [3.63, 3.8) is 0 Å². The number of sulfonamides is 1. The summed E-state index contributed by atoms with van der Waals surface area (Å²) in [5, 5.41) is 3.41. The van der Waals surface area contributed by atoms with E-state index in [-0.39, 0.29) is 10.7 Å². The van der Waals surface area contributed by atoms with Gasteiger partial charge in [-0.3, -0.25) is 0 Å². The number of ether oxygens (including phenoxy) is 1. The summed E-state index contributed by atoms with van der Waals surface area (Å²) in [5.74, 6) is 0.216. The maximum absolute atomic E-state index is 13.1. The van der Waals surface area contributed by atoms with E-state index >= 15 is 0 Å². The molecule has 0 aromatic heterocycles. The molecule has 1 aliphatic rings. The highest BCUT2D eigenvalue weighted by atomic mass is 35.5. The zero-order valence-electron chi connectivity index (χ0n) is 13.4. The van der Waals surface area contributed by atoms with Crippen molar-refractivity contribution in [3.8, 4) is 5.75 Å². The van der Waals surface area contributed by atoms with E-state index in [1.165, 1.54) is 31.4 Å². The van der Waals surface area contributed by atoms with Crippen LogP contribution in [0.25, 0.3) is 4.91 Å². The summed E-state index contributed by atoms with van der Waals surface area (Å²) >= 11 is 5.99. The molecule has 25 heavy (non-hydrogen) atoms. The molecule has 0 atom stereocenters. The molecule has 1 heterocycles. The molecule has 0 unspecified atom stereocenters. The van der Waals surface area contributed by atoms with E-state index in [0.717, 1.165) is 0 Å². The van der Waals surface area contributed by atoms with E-state index in [2.05, 4.69) is 9.71 Å². The predicted octanol–water partition coefficient (Wildman–Crippen LogP) is 4.07. The van der Waals surface area contributed by atoms with Crippen LogP contribution in [-0.4, -0.2) is 21.4 Å². The topological polar surface area (TPSA) is 67.8 Å². The number of methoxy groups -OCH3 is 1. The Balaban J connectivity index is 2.04. The van der Waals surface area contributed by atoms with E-state index < -0.39 is 15.8 Å². The van der Waals surface area contributed by atoms with Crippen molar-refractivity contribution in [1.29, 1.82) is 0 Å². The third-order valence-electron chi connectivity index (χ3n) is 3.69. The summed E-state index contributed by atoms with van der Waals surface area (Å²) in [4.78, 5) is 0.0380. The van der Waals surface area contributed by atoms with Crippen molar-refractivity contribution in [2.75, 3.05) is 12.4 Å². The Bertz CT molecular complexity index is 999. The average molecular weight is 381 g/mol. The third-order valence-corrected chi connectivity index (χ3v) is 5.40. The van der Waals surface area contributed by atoms with E-state index in [1.807, 2.05) is 0 Å². The average Bonchev–Trinajstić information content (AvgIpc) is 2.78. The molecule has 0 fully saturated rings. The highest BCUT2D eigenvalue weighted by molar-refractivity contribution is 8.00. The van der Waals surface area contributed by atoms with Gasteiger partial charge in [-0.25, -0.2) is 4.39 Å². The van der Waals surface area contributed by atoms with Gasteiger partial charge in [0.25, 0.3) is 10.0 Å². The Hall–Kier alpha value is -2.38. The van der Waals surface area contributed by atoms with E-state index in [4.69, 9.17) is 16.3 Å². The first kappa shape index (κ1) is 17.4. The first-order valence-corrected chi connectivity index (χ1v) is 9.06. The quantitative estimate of drug-likeness (QED) is 0.871. The van der Waals surface area contributed by atoms with Crippen LogP contribution in [0.2, 0.25) is 5.02 Å². The van der Waals surface area contributed by atoms with Gasteiger partial charge in [-0.15, -0.1) is 4.40 Å². The van der Waals surface area contributed by atoms with Crippen LogP contribution < -0.4 is 10.1 Å². The minimum atomic E-state index is -3.89. The maximum atomic E-state index is 13.1. The van der Waals surface area contributed by atoms with Crippen molar-refractivity contribution in [3.05, 3.63) is 64.4 Å². The molecule has 2 aromatic rings. The smallest absolute Gasteiger partial charge is 0.285 e. The molecular weight excluding hydrogens is 367 g/mol. The number of halogens is 2. The van der Waals surface area contributed by atoms with Crippen LogP contribution in [-0.2, 0) is 10.0 Å². The summed E-state index contributed by atoms with van der Waals surface area (Å²) in [6.45, 7) is 1.63. The van der Waals surface area contributed by atoms with Crippen LogP contribution in [0.4, 0.5) is 10.1 Å². The molecule has 0 amide bonds. The van der Waals surface area contributed by atoms with Crippen LogP contribution in [0.15, 0.2) is 52.4 Å². The fourth-order valence-electron chi connectivity index (χ4n) is 2.52. The number of nitrogens with one attached hydrogen (secondary N) is 1. The monoisotopic (exact) mass is 380 g/mol. The first-order chi connectivity index (χ1) is 11.8. The number of nitrogens with zero attached hydrogens (tertiary/aromatic N) is 1. The molecule has 130 valence electrons. The van der Waals surface area contributed by atoms with Gasteiger partial charge in [-0.2, -0.15) is 8.42 Å². The molecule has 0 spiro atoms. The lowest BCUT2D eigenvalue weighted by Crippen LogP contribution is -2.12. The van der Waals surface area contributed by atoms with Crippen LogP contribution >= 0.6 is 11.6 Å². The zero-order valence-corrected chi connectivity index (χ0v) is 15.0. The summed E-state index contributed by atoms with van der Waals surface area (Å²) in [6, 6.07) is 10.2. The number of hydrogen-bond acceptors (Lipinski definition) is 4. The highest BCUT2D eigenvalue weighted by Crippen LogP contribution is 2.35. The van der Waals surface area contributed by atoms with Crippen LogP contribution in [0, 0.1) is 5.82 Å². The van der Waals surface area contributed by atoms with Gasteiger partial charge in [0.2, 0.25) is 0 Å². The summed E-state index contributed by atoms with van der Waals surface area (Å²) in [7, 11) is -2.40. The van der Waals surface area contributed by atoms with E-state index in [0.29, 0.717) is 27.6 Å². The molecule has 3 rings (SSSR count). The highest BCUT2D eigenvalue weighted by Gasteiger charge is 2.31. The lowest BCUT2D eigenvalue weighted by molar-refractivity contribution is 0.417. The summed E-state index contributed by atoms with van der Waals surface area (Å²) < 4.78 is 47.0. The second-order valence-corrected chi connectivity index (χ2v) is 7.32. The van der Waals surface area contributed by atoms with Gasteiger partial charge in [-0.05, 0) is 42.8 Å². The molecule has 0 saturated carbocycles. The lowest BCUT2D eigenvalue weighted by Gasteiger charge is -2.11. The number of rotatable bonds is 3. The first-order valence-electron chi connectivity index (χ1n) is 7.24. The molecule has 1 N–H and O–H groups in total. The van der Waals surface area contributed by atoms with Crippen LogP contribution in [0.3, 0.4) is 0 Å². The molecular formula is C17H14ClFN2O3S. The Morgan fingerprint density at radius 3 is 2.48 bits per heavy atom. The maximum Gasteiger partial charge on any atom is 0.285 e. The number of anilines is 1. The van der Waals surface area contributed by atoms with E-state index in [9.17, 15) is 12.8 Å². The van der Waals surface area contributed by atoms with Gasteiger partial charge in [0.1, 0.15) is 22.3 Å². The number of amidine groups is 1. The molecule has 2 aromatic carbocycles. The second kappa shape index (κ2) is 6.50. The SMILES string of the molecule is COc1ccc(Cl)cc1NC1=NS(=O)(=O)C(c2ccc(F)cc2)=C1C. The predicted molar refractivity (Wildman–Crippen MR) is 97.0 cm³/mol. The standard InChI is InChI=1S/C17H14ClFN2O3S/c1-10-16(11-3-6-13(19)7-4-11)25(22,23)21-17(10)20-14-9-12(18)5-8-15(14)24-2/h3-9H,1-2H3,(H,20,21). The van der Waals surface area contributed by atoms with Gasteiger partial charge >= 0.3 is 0 Å². The van der Waals surface area contributed by atoms with Crippen molar-refractivity contribution in [1.82, 2.24) is 0 Å². The molecule has 1 aliphatic heterocycles. The third kappa shape index (κ3) is 3.38. The second-order valence-electron chi connectivity index (χ2n) is 5.35. The molecule has 0 aliphatic carbocycles. The fourth-order valence-corrected chi connectivity index (χ4v) is 4.13. The summed E-state index contributed by atoms with van der Waals surface area (Å²) in [6.07, 6.45) is 0. The molecule has 8 heteroatoms. The molecule has 0 saturated heterocycles. The largest absolute Gasteiger partial charge is 0.495 e. The fraction of sp³-hybridized carbons (Fsp3) is 0.118. The molecule has 5 nitrogen and oxygen atoms in total. The van der Waals surface area contributed by atoms with Gasteiger partial charge < -0.3 is 10.1 Å². The van der Waals surface area contributed by atoms with Gasteiger partial charge in [0.15, 0.2) is 0 Å². The minimum Gasteiger partial charge on any atom is -0.495 e. The summed E-state index contributed by atoms with van der Waals surface area (Å²) in [5.41, 5.74) is 1.29. The van der Waals surface area contributed by atoms with Crippen LogP contribution in [0.5, 0.6) is 5.75 Å². The van der Waals surface area contributed by atoms with Crippen molar-refractivity contribution in [2.45, 2.75) is 6.92 Å². The van der Waals surface area contributed by atoms with Crippen molar-refractivity contribution in [2.24, 2.45) is 4.40 Å². The van der Waals surface area contributed by atoms with Crippen molar-refractivity contribution >= 4 is 38.1 Å². The van der Waals surface area contributed by atoms with Crippen LogP contribution in [0.1, 0.15) is 12.5 Å². The zero-order chi connectivity index (χ0) is 18.2. The van der Waals surface area contributed by atoms with E-state index in [1.54, 1.807) is 25.1 Å². The Labute approximate surface area is 149 Å². The Kier molecular flexibility index (Phi) is 4.53. The number of hydrogen-bond donors (Lipinski definition) is 1.